The molecule has 2 rings (SSSR count). The van der Waals surface area contributed by atoms with Gasteiger partial charge in [0.2, 0.25) is 0 Å². The van der Waals surface area contributed by atoms with E-state index < -0.39 is 44.1 Å². The van der Waals surface area contributed by atoms with Crippen LogP contribution in [0.25, 0.3) is 0 Å². The predicted octanol–water partition coefficient (Wildman–Crippen LogP) is -0.320. The number of benzene rings is 1. The lowest BCUT2D eigenvalue weighted by Gasteiger charge is -2.06. The van der Waals surface area contributed by atoms with Crippen LogP contribution in [0.15, 0.2) is 29.4 Å². The van der Waals surface area contributed by atoms with Gasteiger partial charge in [0.25, 0.3) is 21.9 Å². The fourth-order valence-corrected chi connectivity index (χ4v) is 2.02. The molecule has 0 unspecified atom stereocenters. The Morgan fingerprint density at radius 3 is 2.59 bits per heavy atom. The summed E-state index contributed by atoms with van der Waals surface area (Å²) in [6.45, 7) is 0. The molecule has 0 aliphatic heterocycles. The van der Waals surface area contributed by atoms with Crippen LogP contribution < -0.4 is 10.5 Å². The maximum absolute atomic E-state index is 11.9. The maximum Gasteiger partial charge on any atom is 0.348 e. The summed E-state index contributed by atoms with van der Waals surface area (Å²) in [6, 6.07) is 2.49. The topological polar surface area (TPSA) is 173 Å². The SMILES string of the molecule is NC(=O)c1[nH]cnc1OC(=O)c1cc(S(=O)(=O)O)ccc1O. The Morgan fingerprint density at radius 1 is 1.32 bits per heavy atom. The Morgan fingerprint density at radius 2 is 2.00 bits per heavy atom. The van der Waals surface area contributed by atoms with Crippen LogP contribution in [0.5, 0.6) is 11.6 Å². The fraction of sp³-hybridized carbons (Fsp3) is 0. The van der Waals surface area contributed by atoms with E-state index in [-0.39, 0.29) is 5.69 Å². The normalized spacial score (nSPS) is 11.1. The van der Waals surface area contributed by atoms with Crippen molar-refractivity contribution in [1.82, 2.24) is 9.97 Å². The molecule has 0 saturated heterocycles. The van der Waals surface area contributed by atoms with Crippen molar-refractivity contribution in [1.29, 1.82) is 0 Å². The van der Waals surface area contributed by atoms with Crippen LogP contribution in [0, 0.1) is 0 Å². The molecule has 1 amide bonds. The lowest BCUT2D eigenvalue weighted by Crippen LogP contribution is -2.16. The Bertz CT molecular complexity index is 856. The molecule has 0 atom stereocenters. The number of aromatic hydroxyl groups is 1. The first kappa shape index (κ1) is 15.5. The Balaban J connectivity index is 2.38. The molecule has 2 aromatic rings. The molecule has 11 heteroatoms. The Hall–Kier alpha value is -2.92. The number of amides is 1. The van der Waals surface area contributed by atoms with Gasteiger partial charge >= 0.3 is 5.97 Å². The van der Waals surface area contributed by atoms with Crippen LogP contribution in [0.4, 0.5) is 0 Å². The third kappa shape index (κ3) is 3.05. The van der Waals surface area contributed by atoms with E-state index in [2.05, 4.69) is 9.97 Å². The first-order chi connectivity index (χ1) is 10.2. The zero-order valence-corrected chi connectivity index (χ0v) is 11.5. The number of phenols is 1. The highest BCUT2D eigenvalue weighted by Gasteiger charge is 2.22. The van der Waals surface area contributed by atoms with E-state index >= 15 is 0 Å². The molecule has 10 nitrogen and oxygen atoms in total. The van der Waals surface area contributed by atoms with Crippen molar-refractivity contribution in [3.63, 3.8) is 0 Å². The van der Waals surface area contributed by atoms with Crippen LogP contribution in [-0.2, 0) is 10.1 Å². The molecule has 0 aliphatic rings. The molecule has 0 radical (unpaired) electrons. The number of phenolic OH excluding ortho intramolecular Hbond substituents is 1. The smallest absolute Gasteiger partial charge is 0.348 e. The van der Waals surface area contributed by atoms with Gasteiger partial charge in [-0.25, -0.2) is 9.78 Å². The molecule has 0 saturated carbocycles. The lowest BCUT2D eigenvalue weighted by atomic mass is 10.2. The number of hydrogen-bond acceptors (Lipinski definition) is 7. The highest BCUT2D eigenvalue weighted by Crippen LogP contribution is 2.23. The number of ether oxygens (including phenoxy) is 1. The summed E-state index contributed by atoms with van der Waals surface area (Å²) in [5.41, 5.74) is 4.19. The molecule has 116 valence electrons. The standard InChI is InChI=1S/C11H9N3O7S/c12-9(16)8-10(14-4-13-8)21-11(17)6-3-5(22(18,19)20)1-2-7(6)15/h1-4,15H,(H2,12,16)(H,13,14)(H,18,19,20). The number of nitrogens with two attached hydrogens (primary N) is 1. The van der Waals surface area contributed by atoms with E-state index in [1.807, 2.05) is 0 Å². The van der Waals surface area contributed by atoms with E-state index in [0.717, 1.165) is 18.5 Å². The van der Waals surface area contributed by atoms with Crippen molar-refractivity contribution in [3.8, 4) is 11.6 Å². The molecule has 5 N–H and O–H groups in total. The molecule has 1 aromatic heterocycles. The van der Waals surface area contributed by atoms with Gasteiger partial charge in [0.15, 0.2) is 5.69 Å². The molecular formula is C11H9N3O7S. The van der Waals surface area contributed by atoms with Crippen LogP contribution in [0.1, 0.15) is 20.8 Å². The zero-order valence-electron chi connectivity index (χ0n) is 10.7. The predicted molar refractivity (Wildman–Crippen MR) is 70.0 cm³/mol. The van der Waals surface area contributed by atoms with E-state index in [4.69, 9.17) is 15.0 Å². The second-order valence-electron chi connectivity index (χ2n) is 3.99. The third-order valence-corrected chi connectivity index (χ3v) is 3.38. The number of primary amides is 1. The van der Waals surface area contributed by atoms with Crippen LogP contribution in [0.3, 0.4) is 0 Å². The quantitative estimate of drug-likeness (QED) is 0.436. The summed E-state index contributed by atoms with van der Waals surface area (Å²) in [4.78, 5) is 28.3. The molecular weight excluding hydrogens is 318 g/mol. The van der Waals surface area contributed by atoms with E-state index in [9.17, 15) is 23.1 Å². The highest BCUT2D eigenvalue weighted by molar-refractivity contribution is 7.85. The molecule has 0 spiro atoms. The van der Waals surface area contributed by atoms with Gasteiger partial charge in [0.1, 0.15) is 11.3 Å². The maximum atomic E-state index is 11.9. The zero-order chi connectivity index (χ0) is 16.5. The largest absolute Gasteiger partial charge is 0.507 e. The summed E-state index contributed by atoms with van der Waals surface area (Å²) in [6.07, 6.45) is 1.05. The van der Waals surface area contributed by atoms with Crippen molar-refractivity contribution >= 4 is 22.0 Å². The second-order valence-corrected chi connectivity index (χ2v) is 5.41. The summed E-state index contributed by atoms with van der Waals surface area (Å²) < 4.78 is 35.7. The number of nitrogens with zero attached hydrogens (tertiary/aromatic N) is 1. The number of carbonyl (C=O) groups excluding carboxylic acids is 2. The van der Waals surface area contributed by atoms with Crippen molar-refractivity contribution in [2.45, 2.75) is 4.90 Å². The minimum atomic E-state index is -4.57. The number of carbonyl (C=O) groups is 2. The molecule has 0 aliphatic carbocycles. The van der Waals surface area contributed by atoms with Gasteiger partial charge < -0.3 is 20.6 Å². The van der Waals surface area contributed by atoms with Crippen molar-refractivity contribution in [3.05, 3.63) is 35.8 Å². The second kappa shape index (κ2) is 5.46. The first-order valence-electron chi connectivity index (χ1n) is 5.56. The van der Waals surface area contributed by atoms with Crippen LogP contribution in [-0.4, -0.2) is 39.9 Å². The van der Waals surface area contributed by atoms with E-state index in [0.29, 0.717) is 6.07 Å². The number of aromatic nitrogens is 2. The summed E-state index contributed by atoms with van der Waals surface area (Å²) in [5.74, 6) is -3.16. The van der Waals surface area contributed by atoms with Crippen LogP contribution in [0.2, 0.25) is 0 Å². The monoisotopic (exact) mass is 327 g/mol. The summed E-state index contributed by atoms with van der Waals surface area (Å²) in [7, 11) is -4.57. The first-order valence-corrected chi connectivity index (χ1v) is 7.00. The van der Waals surface area contributed by atoms with Gasteiger partial charge in [-0.15, -0.1) is 0 Å². The Kier molecular flexibility index (Phi) is 3.84. The van der Waals surface area contributed by atoms with Crippen molar-refractivity contribution in [2.75, 3.05) is 0 Å². The van der Waals surface area contributed by atoms with Crippen molar-refractivity contribution < 1.29 is 32.4 Å². The van der Waals surface area contributed by atoms with E-state index in [1.54, 1.807) is 0 Å². The minimum Gasteiger partial charge on any atom is -0.507 e. The molecule has 22 heavy (non-hydrogen) atoms. The van der Waals surface area contributed by atoms with Gasteiger partial charge in [-0.2, -0.15) is 8.42 Å². The van der Waals surface area contributed by atoms with Gasteiger partial charge in [0, 0.05) is 0 Å². The highest BCUT2D eigenvalue weighted by atomic mass is 32.2. The molecule has 1 heterocycles. The van der Waals surface area contributed by atoms with Gasteiger partial charge in [-0.05, 0) is 18.2 Å². The molecule has 1 aromatic carbocycles. The lowest BCUT2D eigenvalue weighted by molar-refractivity contribution is 0.0722. The summed E-state index contributed by atoms with van der Waals surface area (Å²) in [5, 5.41) is 9.58. The van der Waals surface area contributed by atoms with Gasteiger partial charge in [-0.3, -0.25) is 9.35 Å². The number of rotatable bonds is 4. The summed E-state index contributed by atoms with van der Waals surface area (Å²) >= 11 is 0. The number of hydrogen-bond donors (Lipinski definition) is 4. The fourth-order valence-electron chi connectivity index (χ4n) is 1.52. The van der Waals surface area contributed by atoms with Crippen LogP contribution >= 0.6 is 0 Å². The average molecular weight is 327 g/mol. The average Bonchev–Trinajstić information content (AvgIpc) is 2.86. The Labute approximate surface area is 123 Å². The number of H-pyrrole nitrogens is 1. The number of esters is 1. The number of imidazole rings is 1. The van der Waals surface area contributed by atoms with Gasteiger partial charge in [0.05, 0.1) is 11.2 Å². The number of aromatic amines is 1. The minimum absolute atomic E-state index is 0.279. The number of nitrogens with one attached hydrogen (secondary N) is 1. The van der Waals surface area contributed by atoms with Gasteiger partial charge in [-0.1, -0.05) is 0 Å². The van der Waals surface area contributed by atoms with Crippen molar-refractivity contribution in [2.24, 2.45) is 5.73 Å². The molecule has 0 bridgehead atoms. The molecule has 0 fully saturated rings. The third-order valence-electron chi connectivity index (χ3n) is 2.53. The van der Waals surface area contributed by atoms with E-state index in [1.165, 1.54) is 0 Å².